The first kappa shape index (κ1) is 31.8. The highest BCUT2D eigenvalue weighted by Gasteiger charge is 2.74. The fraction of sp³-hybridized carbons (Fsp3) is 0.368. The molecule has 3 aromatic rings. The Morgan fingerprint density at radius 3 is 2.52 bits per heavy atom. The maximum Gasteiger partial charge on any atom is 0.313 e. The van der Waals surface area contributed by atoms with E-state index in [0.29, 0.717) is 18.5 Å². The number of cyclic esters (lactones) is 1. The molecular weight excluding hydrogens is 610 g/mol. The summed E-state index contributed by atoms with van der Waals surface area (Å²) < 4.78 is 12.3. The lowest BCUT2D eigenvalue weighted by molar-refractivity contribution is -0.159. The number of carbonyl (C=O) groups is 4. The van der Waals surface area contributed by atoms with E-state index in [1.807, 2.05) is 84.9 Å². The molecule has 48 heavy (non-hydrogen) atoms. The summed E-state index contributed by atoms with van der Waals surface area (Å²) in [6.07, 6.45) is 6.77. The number of aliphatic hydroxyl groups is 1. The first-order valence-corrected chi connectivity index (χ1v) is 16.6. The zero-order chi connectivity index (χ0) is 33.4. The summed E-state index contributed by atoms with van der Waals surface area (Å²) in [5.74, 6) is -3.68. The number of fused-ring (bicyclic) bond motifs is 3. The van der Waals surface area contributed by atoms with Crippen molar-refractivity contribution in [1.82, 2.24) is 10.2 Å². The third kappa shape index (κ3) is 5.58. The molecule has 4 heterocycles. The maximum absolute atomic E-state index is 15.2. The van der Waals surface area contributed by atoms with Crippen molar-refractivity contribution in [2.45, 2.75) is 56.1 Å². The van der Waals surface area contributed by atoms with Gasteiger partial charge in [-0.15, -0.1) is 0 Å². The number of hydrogen-bond acceptors (Lipinski definition) is 7. The normalized spacial score (nSPS) is 30.3. The van der Waals surface area contributed by atoms with Gasteiger partial charge in [-0.05, 0) is 48.2 Å². The van der Waals surface area contributed by atoms with Crippen molar-refractivity contribution in [1.29, 1.82) is 0 Å². The summed E-state index contributed by atoms with van der Waals surface area (Å²) in [6.45, 7) is 1.57. The smallest absolute Gasteiger partial charge is 0.313 e. The second-order valence-electron chi connectivity index (χ2n) is 13.0. The fourth-order valence-electron chi connectivity index (χ4n) is 7.68. The number of hydrogen-bond donors (Lipinski definition) is 2. The first-order chi connectivity index (χ1) is 23.3. The van der Waals surface area contributed by atoms with Crippen LogP contribution >= 0.6 is 0 Å². The van der Waals surface area contributed by atoms with Gasteiger partial charge in [0, 0.05) is 18.7 Å². The summed E-state index contributed by atoms with van der Waals surface area (Å²) in [6, 6.07) is 21.2. The SMILES string of the molecule is C[C@@H]1CNC(=O)CC/C=C\CN(c2ccc3ccccc3c2)C(=O)[C@@H]2N([C@@H](CO)Cc3ccccc3)C(=O)[C@H]3[C@H](C(=O)O1)[C@@H]1C=C[C@]23O1. The highest BCUT2D eigenvalue weighted by atomic mass is 16.6. The number of anilines is 1. The number of ether oxygens (including phenoxy) is 2. The zero-order valence-electron chi connectivity index (χ0n) is 26.7. The van der Waals surface area contributed by atoms with Crippen LogP contribution in [-0.4, -0.2) is 83.3 Å². The van der Waals surface area contributed by atoms with Gasteiger partial charge in [-0.25, -0.2) is 0 Å². The molecule has 1 spiro atoms. The number of amides is 3. The molecule has 0 aliphatic carbocycles. The standard InChI is InChI=1S/C38H39N3O7/c1-24-22-39-31(43)14-6-3-9-19-40(28-16-15-26-12-7-8-13-27(26)21-28)36(45)34-38-18-17-30(48-38)32(37(46)47-24)33(38)35(44)41(34)29(23-42)20-25-10-4-2-5-11-25/h2-5,7-13,15-18,21,24,29-30,32-34,42H,6,14,19-20,22-23H2,1H3,(H,39,43)/b9-3-/t24-,29-,30+,32-,33-,34+,38-/m1/s1. The zero-order valence-corrected chi connectivity index (χ0v) is 26.7. The van der Waals surface area contributed by atoms with Crippen molar-refractivity contribution in [3.63, 3.8) is 0 Å². The van der Waals surface area contributed by atoms with Gasteiger partial charge in [-0.3, -0.25) is 19.2 Å². The number of nitrogens with zero attached hydrogens (tertiary/aromatic N) is 2. The molecule has 5 bridgehead atoms. The van der Waals surface area contributed by atoms with Crippen molar-refractivity contribution in [3.05, 3.63) is 103 Å². The van der Waals surface area contributed by atoms with Crippen LogP contribution in [0.4, 0.5) is 5.69 Å². The topological polar surface area (TPSA) is 125 Å². The monoisotopic (exact) mass is 649 g/mol. The third-order valence-electron chi connectivity index (χ3n) is 9.94. The van der Waals surface area contributed by atoms with Gasteiger partial charge in [-0.1, -0.05) is 85.0 Å². The number of benzene rings is 3. The van der Waals surface area contributed by atoms with Crippen molar-refractivity contribution in [2.24, 2.45) is 11.8 Å². The van der Waals surface area contributed by atoms with E-state index in [1.54, 1.807) is 24.0 Å². The molecule has 10 heteroatoms. The lowest BCUT2D eigenvalue weighted by Crippen LogP contribution is -2.59. The second-order valence-corrected chi connectivity index (χ2v) is 13.0. The summed E-state index contributed by atoms with van der Waals surface area (Å²) in [5.41, 5.74) is 0.0641. The minimum absolute atomic E-state index is 0.124. The van der Waals surface area contributed by atoms with Gasteiger partial charge in [0.2, 0.25) is 11.8 Å². The highest BCUT2D eigenvalue weighted by molar-refractivity contribution is 6.06. The number of aliphatic hydroxyl groups excluding tert-OH is 1. The Balaban J connectivity index is 1.35. The molecule has 248 valence electrons. The second kappa shape index (κ2) is 13.0. The first-order valence-electron chi connectivity index (χ1n) is 16.6. The van der Waals surface area contributed by atoms with E-state index in [4.69, 9.17) is 9.47 Å². The van der Waals surface area contributed by atoms with Crippen LogP contribution < -0.4 is 10.2 Å². The summed E-state index contributed by atoms with van der Waals surface area (Å²) in [4.78, 5) is 59.3. The van der Waals surface area contributed by atoms with Crippen LogP contribution in [0.1, 0.15) is 25.3 Å². The average molecular weight is 650 g/mol. The molecule has 0 unspecified atom stereocenters. The van der Waals surface area contributed by atoms with Gasteiger partial charge in [-0.2, -0.15) is 0 Å². The predicted molar refractivity (Wildman–Crippen MR) is 179 cm³/mol. The van der Waals surface area contributed by atoms with Crippen LogP contribution in [0.3, 0.4) is 0 Å². The minimum atomic E-state index is -1.45. The molecule has 2 fully saturated rings. The average Bonchev–Trinajstić information content (AvgIpc) is 3.75. The lowest BCUT2D eigenvalue weighted by Gasteiger charge is -2.39. The van der Waals surface area contributed by atoms with Gasteiger partial charge in [0.15, 0.2) is 0 Å². The van der Waals surface area contributed by atoms with E-state index >= 15 is 4.79 Å². The van der Waals surface area contributed by atoms with Crippen molar-refractivity contribution in [2.75, 3.05) is 24.6 Å². The van der Waals surface area contributed by atoms with Gasteiger partial charge < -0.3 is 29.7 Å². The van der Waals surface area contributed by atoms with E-state index in [0.717, 1.165) is 16.3 Å². The van der Waals surface area contributed by atoms with Crippen molar-refractivity contribution in [3.8, 4) is 0 Å². The van der Waals surface area contributed by atoms with Crippen LogP contribution in [0.5, 0.6) is 0 Å². The third-order valence-corrected chi connectivity index (χ3v) is 9.94. The van der Waals surface area contributed by atoms with E-state index in [2.05, 4.69) is 5.32 Å². The molecule has 4 aliphatic rings. The lowest BCUT2D eigenvalue weighted by atomic mass is 9.74. The molecule has 3 aromatic carbocycles. The largest absolute Gasteiger partial charge is 0.460 e. The van der Waals surface area contributed by atoms with E-state index in [1.165, 1.54) is 4.90 Å². The quantitative estimate of drug-likeness (QED) is 0.321. The summed E-state index contributed by atoms with van der Waals surface area (Å²) in [5, 5.41) is 15.6. The van der Waals surface area contributed by atoms with E-state index in [-0.39, 0.29) is 25.4 Å². The van der Waals surface area contributed by atoms with Crippen molar-refractivity contribution < 1.29 is 33.8 Å². The summed E-state index contributed by atoms with van der Waals surface area (Å²) in [7, 11) is 0. The molecule has 7 rings (SSSR count). The molecule has 7 atom stereocenters. The van der Waals surface area contributed by atoms with Crippen LogP contribution in [0.25, 0.3) is 10.8 Å². The molecule has 2 N–H and O–H groups in total. The van der Waals surface area contributed by atoms with Crippen LogP contribution in [0.2, 0.25) is 0 Å². The van der Waals surface area contributed by atoms with Crippen LogP contribution in [0.15, 0.2) is 97.1 Å². The molecule has 3 amide bonds. The van der Waals surface area contributed by atoms with Crippen molar-refractivity contribution >= 4 is 40.2 Å². The highest BCUT2D eigenvalue weighted by Crippen LogP contribution is 2.56. The number of esters is 1. The molecule has 0 radical (unpaired) electrons. The number of rotatable bonds is 5. The Labute approximate surface area is 279 Å². The maximum atomic E-state index is 15.2. The Morgan fingerprint density at radius 1 is 0.958 bits per heavy atom. The number of nitrogens with one attached hydrogen (secondary N) is 1. The number of carbonyl (C=O) groups excluding carboxylic acids is 4. The van der Waals surface area contributed by atoms with Gasteiger partial charge >= 0.3 is 5.97 Å². The Kier molecular flexibility index (Phi) is 8.61. The number of likely N-dealkylation sites (tertiary alicyclic amines) is 1. The predicted octanol–water partition coefficient (Wildman–Crippen LogP) is 3.32. The molecule has 10 nitrogen and oxygen atoms in total. The molecule has 2 saturated heterocycles. The van der Waals surface area contributed by atoms with Crippen LogP contribution in [0, 0.1) is 11.8 Å². The minimum Gasteiger partial charge on any atom is -0.460 e. The van der Waals surface area contributed by atoms with Gasteiger partial charge in [0.05, 0.1) is 31.2 Å². The van der Waals surface area contributed by atoms with E-state index < -0.39 is 66.1 Å². The Hall–Kier alpha value is -4.80. The van der Waals surface area contributed by atoms with Gasteiger partial charge in [0.25, 0.3) is 5.91 Å². The fourth-order valence-corrected chi connectivity index (χ4v) is 7.68. The van der Waals surface area contributed by atoms with E-state index in [9.17, 15) is 19.5 Å². The van der Waals surface area contributed by atoms with Crippen LogP contribution in [-0.2, 0) is 35.1 Å². The Bertz CT molecular complexity index is 1790. The molecular formula is C38H39N3O7. The molecule has 4 aliphatic heterocycles. The number of allylic oxidation sites excluding steroid dienone is 1. The molecule has 0 saturated carbocycles. The summed E-state index contributed by atoms with van der Waals surface area (Å²) >= 11 is 0. The molecule has 0 aromatic heterocycles. The Morgan fingerprint density at radius 2 is 1.73 bits per heavy atom. The van der Waals surface area contributed by atoms with Gasteiger partial charge in [0.1, 0.15) is 23.7 Å².